The van der Waals surface area contributed by atoms with Crippen LogP contribution in [0.4, 0.5) is 0 Å². The first kappa shape index (κ1) is 14.2. The van der Waals surface area contributed by atoms with E-state index in [0.717, 1.165) is 29.8 Å². The number of nitrogens with zero attached hydrogens (tertiary/aromatic N) is 4. The zero-order valence-corrected chi connectivity index (χ0v) is 12.5. The summed E-state index contributed by atoms with van der Waals surface area (Å²) in [5.41, 5.74) is 2.60. The molecule has 1 aliphatic heterocycles. The SMILES string of the molecule is CS(=O)(=O)N1CCC(c2cncc(-c3cn[nH]c3)n2)CC1. The van der Waals surface area contributed by atoms with Crippen LogP contribution in [0.1, 0.15) is 24.5 Å². The molecule has 21 heavy (non-hydrogen) atoms. The molecule has 1 N–H and O–H groups in total. The summed E-state index contributed by atoms with van der Waals surface area (Å²) in [5, 5.41) is 6.67. The van der Waals surface area contributed by atoms with Crippen molar-refractivity contribution in [3.8, 4) is 11.3 Å². The van der Waals surface area contributed by atoms with Crippen molar-refractivity contribution in [1.29, 1.82) is 0 Å². The summed E-state index contributed by atoms with van der Waals surface area (Å²) in [5.74, 6) is 0.252. The molecule has 0 bridgehead atoms. The van der Waals surface area contributed by atoms with E-state index in [2.05, 4.69) is 20.2 Å². The van der Waals surface area contributed by atoms with Crippen molar-refractivity contribution in [3.63, 3.8) is 0 Å². The van der Waals surface area contributed by atoms with E-state index in [9.17, 15) is 8.42 Å². The number of aromatic nitrogens is 4. The summed E-state index contributed by atoms with van der Waals surface area (Å²) in [6.07, 6.45) is 9.77. The average Bonchev–Trinajstić information content (AvgIpc) is 3.01. The quantitative estimate of drug-likeness (QED) is 0.913. The predicted molar refractivity (Wildman–Crippen MR) is 78.0 cm³/mol. The Bertz CT molecular complexity index is 706. The van der Waals surface area contributed by atoms with E-state index in [0.29, 0.717) is 13.1 Å². The van der Waals surface area contributed by atoms with Gasteiger partial charge in [-0.05, 0) is 12.8 Å². The van der Waals surface area contributed by atoms with E-state index < -0.39 is 10.0 Å². The molecular weight excluding hydrogens is 290 g/mol. The van der Waals surface area contributed by atoms with E-state index in [4.69, 9.17) is 0 Å². The molecule has 3 rings (SSSR count). The Kier molecular flexibility index (Phi) is 3.73. The minimum Gasteiger partial charge on any atom is -0.285 e. The zero-order valence-electron chi connectivity index (χ0n) is 11.7. The highest BCUT2D eigenvalue weighted by molar-refractivity contribution is 7.88. The monoisotopic (exact) mass is 307 g/mol. The number of nitrogens with one attached hydrogen (secondary N) is 1. The number of hydrogen-bond donors (Lipinski definition) is 1. The van der Waals surface area contributed by atoms with Gasteiger partial charge in [0.2, 0.25) is 10.0 Å². The summed E-state index contributed by atoms with van der Waals surface area (Å²) < 4.78 is 24.6. The molecule has 112 valence electrons. The van der Waals surface area contributed by atoms with Crippen LogP contribution in [-0.4, -0.2) is 52.2 Å². The van der Waals surface area contributed by atoms with E-state index in [1.165, 1.54) is 10.6 Å². The number of H-pyrrole nitrogens is 1. The fraction of sp³-hybridized carbons (Fsp3) is 0.462. The second kappa shape index (κ2) is 5.53. The Morgan fingerprint density at radius 1 is 1.24 bits per heavy atom. The van der Waals surface area contributed by atoms with E-state index >= 15 is 0 Å². The maximum atomic E-state index is 11.5. The van der Waals surface area contributed by atoms with Crippen molar-refractivity contribution in [2.24, 2.45) is 0 Å². The van der Waals surface area contributed by atoms with Crippen molar-refractivity contribution >= 4 is 10.0 Å². The molecular formula is C13H17N5O2S. The lowest BCUT2D eigenvalue weighted by Crippen LogP contribution is -2.37. The van der Waals surface area contributed by atoms with Gasteiger partial charge in [-0.25, -0.2) is 17.7 Å². The minimum absolute atomic E-state index is 0.252. The first-order valence-electron chi connectivity index (χ1n) is 6.80. The van der Waals surface area contributed by atoms with Gasteiger partial charge in [-0.15, -0.1) is 0 Å². The molecule has 7 nitrogen and oxygen atoms in total. The Morgan fingerprint density at radius 2 is 2.00 bits per heavy atom. The van der Waals surface area contributed by atoms with Gasteiger partial charge >= 0.3 is 0 Å². The maximum Gasteiger partial charge on any atom is 0.211 e. The first-order chi connectivity index (χ1) is 10.0. The molecule has 1 saturated heterocycles. The highest BCUT2D eigenvalue weighted by atomic mass is 32.2. The molecule has 0 aliphatic carbocycles. The van der Waals surface area contributed by atoms with Gasteiger partial charge in [-0.3, -0.25) is 10.1 Å². The van der Waals surface area contributed by atoms with Crippen LogP contribution in [0.5, 0.6) is 0 Å². The zero-order chi connectivity index (χ0) is 14.9. The van der Waals surface area contributed by atoms with Gasteiger partial charge in [0.1, 0.15) is 0 Å². The third-order valence-corrected chi connectivity index (χ3v) is 5.09. The summed E-state index contributed by atoms with van der Waals surface area (Å²) in [4.78, 5) is 8.88. The van der Waals surface area contributed by atoms with Crippen LogP contribution in [0, 0.1) is 0 Å². The topological polar surface area (TPSA) is 91.8 Å². The van der Waals surface area contributed by atoms with Gasteiger partial charge < -0.3 is 0 Å². The highest BCUT2D eigenvalue weighted by Crippen LogP contribution is 2.28. The van der Waals surface area contributed by atoms with Gasteiger partial charge in [-0.2, -0.15) is 5.10 Å². The molecule has 0 radical (unpaired) electrons. The normalized spacial score (nSPS) is 18.0. The highest BCUT2D eigenvalue weighted by Gasteiger charge is 2.26. The van der Waals surface area contributed by atoms with Crippen molar-refractivity contribution < 1.29 is 8.42 Å². The fourth-order valence-electron chi connectivity index (χ4n) is 2.59. The molecule has 8 heteroatoms. The molecule has 1 aliphatic rings. The predicted octanol–water partition coefficient (Wildman–Crippen LogP) is 1.01. The van der Waals surface area contributed by atoms with E-state index in [-0.39, 0.29) is 5.92 Å². The Morgan fingerprint density at radius 3 is 2.62 bits per heavy atom. The molecule has 3 heterocycles. The van der Waals surface area contributed by atoms with Crippen LogP contribution in [0.3, 0.4) is 0 Å². The summed E-state index contributed by atoms with van der Waals surface area (Å²) >= 11 is 0. The third kappa shape index (κ3) is 3.11. The summed E-state index contributed by atoms with van der Waals surface area (Å²) in [6.45, 7) is 1.09. The standard InChI is InChI=1S/C13H17N5O2S/c1-21(19,20)18-4-2-10(3-5-18)12-8-14-9-13(17-12)11-6-15-16-7-11/h6-10H,2-5H2,1H3,(H,15,16). The van der Waals surface area contributed by atoms with Gasteiger partial charge in [0, 0.05) is 37.0 Å². The molecule has 0 amide bonds. The molecule has 0 atom stereocenters. The van der Waals surface area contributed by atoms with Crippen LogP contribution < -0.4 is 0 Å². The second-order valence-corrected chi connectivity index (χ2v) is 7.23. The Labute approximate surface area is 123 Å². The lowest BCUT2D eigenvalue weighted by molar-refractivity contribution is 0.318. The van der Waals surface area contributed by atoms with Crippen molar-refractivity contribution in [2.75, 3.05) is 19.3 Å². The summed E-state index contributed by atoms with van der Waals surface area (Å²) in [6, 6.07) is 0. The Balaban J connectivity index is 1.76. The van der Waals surface area contributed by atoms with Crippen LogP contribution in [0.2, 0.25) is 0 Å². The summed E-state index contributed by atoms with van der Waals surface area (Å²) in [7, 11) is -3.09. The molecule has 0 spiro atoms. The van der Waals surface area contributed by atoms with E-state index in [1.54, 1.807) is 24.8 Å². The molecule has 2 aromatic rings. The number of rotatable bonds is 3. The van der Waals surface area contributed by atoms with Gasteiger partial charge in [0.15, 0.2) is 0 Å². The maximum absolute atomic E-state index is 11.5. The number of aromatic amines is 1. The van der Waals surface area contributed by atoms with Crippen molar-refractivity contribution in [3.05, 3.63) is 30.5 Å². The minimum atomic E-state index is -3.09. The molecule has 0 unspecified atom stereocenters. The molecule has 1 fully saturated rings. The van der Waals surface area contributed by atoms with Gasteiger partial charge in [0.05, 0.1) is 30.0 Å². The van der Waals surface area contributed by atoms with Crippen molar-refractivity contribution in [1.82, 2.24) is 24.5 Å². The number of sulfonamides is 1. The largest absolute Gasteiger partial charge is 0.285 e. The third-order valence-electron chi connectivity index (χ3n) is 3.79. The van der Waals surface area contributed by atoms with Crippen LogP contribution in [-0.2, 0) is 10.0 Å². The van der Waals surface area contributed by atoms with Crippen LogP contribution in [0.15, 0.2) is 24.8 Å². The van der Waals surface area contributed by atoms with Crippen LogP contribution >= 0.6 is 0 Å². The van der Waals surface area contributed by atoms with Gasteiger partial charge in [-0.1, -0.05) is 0 Å². The lowest BCUT2D eigenvalue weighted by Gasteiger charge is -2.29. The number of piperidine rings is 1. The fourth-order valence-corrected chi connectivity index (χ4v) is 3.47. The van der Waals surface area contributed by atoms with Crippen molar-refractivity contribution in [2.45, 2.75) is 18.8 Å². The first-order valence-corrected chi connectivity index (χ1v) is 8.65. The molecule has 0 aromatic carbocycles. The second-order valence-electron chi connectivity index (χ2n) is 5.25. The lowest BCUT2D eigenvalue weighted by atomic mass is 9.95. The number of hydrogen-bond acceptors (Lipinski definition) is 5. The molecule has 2 aromatic heterocycles. The van der Waals surface area contributed by atoms with Gasteiger partial charge in [0.25, 0.3) is 0 Å². The van der Waals surface area contributed by atoms with Crippen LogP contribution in [0.25, 0.3) is 11.3 Å². The smallest absolute Gasteiger partial charge is 0.211 e. The Hall–Kier alpha value is -1.80. The average molecular weight is 307 g/mol. The molecule has 0 saturated carbocycles. The van der Waals surface area contributed by atoms with E-state index in [1.807, 2.05) is 0 Å².